The van der Waals surface area contributed by atoms with Crippen LogP contribution in [-0.4, -0.2) is 59.2 Å². The van der Waals surface area contributed by atoms with Crippen LogP contribution in [0.3, 0.4) is 0 Å². The summed E-state index contributed by atoms with van der Waals surface area (Å²) in [7, 11) is 1.46. The number of nitrogens with two attached hydrogens (primary N) is 2. The highest BCUT2D eigenvalue weighted by Gasteiger charge is 2.35. The molecule has 0 aliphatic carbocycles. The molecule has 0 saturated carbocycles. The first-order valence-electron chi connectivity index (χ1n) is 13.9. The van der Waals surface area contributed by atoms with Crippen LogP contribution in [0.4, 0.5) is 13.2 Å². The van der Waals surface area contributed by atoms with Gasteiger partial charge in [0.1, 0.15) is 12.1 Å². The summed E-state index contributed by atoms with van der Waals surface area (Å²) in [5.41, 5.74) is 13.3. The van der Waals surface area contributed by atoms with Crippen molar-refractivity contribution < 1.29 is 27.9 Å². The molecule has 0 bridgehead atoms. The lowest BCUT2D eigenvalue weighted by Crippen LogP contribution is -2.56. The van der Waals surface area contributed by atoms with Gasteiger partial charge < -0.3 is 31.8 Å². The molecule has 0 aliphatic rings. The lowest BCUT2D eigenvalue weighted by atomic mass is 10.0. The van der Waals surface area contributed by atoms with E-state index >= 15 is 0 Å². The molecule has 9 nitrogen and oxygen atoms in total. The Morgan fingerprint density at radius 3 is 2.41 bits per heavy atom. The van der Waals surface area contributed by atoms with Gasteiger partial charge in [-0.25, -0.2) is 0 Å². The monoisotopic (exact) mass is 628 g/mol. The van der Waals surface area contributed by atoms with Crippen molar-refractivity contribution in [3.05, 3.63) is 95.2 Å². The first-order chi connectivity index (χ1) is 21.1. The number of benzene rings is 3. The van der Waals surface area contributed by atoms with Crippen LogP contribution in [0.2, 0.25) is 0 Å². The Kier molecular flexibility index (Phi) is 11.1. The van der Waals surface area contributed by atoms with Crippen molar-refractivity contribution in [2.45, 2.75) is 47.6 Å². The van der Waals surface area contributed by atoms with Crippen molar-refractivity contribution in [2.75, 3.05) is 20.3 Å². The third-order valence-electron chi connectivity index (χ3n) is 7.34. The SMILES string of the molecule is CN(C(=O)[C@H](CN)NCO)[C@@H](Cc1c[nH]c2ccccc12)C(=O)NCc1cccc(C(F)(F)F)c1Sc1ccccc1CN. The molecule has 0 spiro atoms. The minimum absolute atomic E-state index is 0.0471. The number of aromatic nitrogens is 1. The zero-order valence-corrected chi connectivity index (χ0v) is 24.8. The number of aliphatic hydroxyl groups excluding tert-OH is 1. The Hall–Kier alpha value is -3.88. The highest BCUT2D eigenvalue weighted by Crippen LogP contribution is 2.42. The Labute approximate surface area is 257 Å². The number of nitrogens with zero attached hydrogens (tertiary/aromatic N) is 1. The fourth-order valence-corrected chi connectivity index (χ4v) is 6.16. The van der Waals surface area contributed by atoms with Gasteiger partial charge >= 0.3 is 6.18 Å². The van der Waals surface area contributed by atoms with Crippen molar-refractivity contribution in [1.29, 1.82) is 0 Å². The molecule has 4 rings (SSSR count). The summed E-state index contributed by atoms with van der Waals surface area (Å²) in [5, 5.41) is 15.5. The number of fused-ring (bicyclic) bond motifs is 1. The van der Waals surface area contributed by atoms with Gasteiger partial charge in [-0.05, 0) is 34.9 Å². The second-order valence-electron chi connectivity index (χ2n) is 10.1. The normalized spacial score (nSPS) is 13.1. The van der Waals surface area contributed by atoms with E-state index in [1.807, 2.05) is 24.3 Å². The molecule has 3 aromatic carbocycles. The number of nitrogens with one attached hydrogen (secondary N) is 3. The van der Waals surface area contributed by atoms with Gasteiger partial charge in [-0.2, -0.15) is 13.2 Å². The van der Waals surface area contributed by atoms with E-state index in [1.165, 1.54) is 24.1 Å². The van der Waals surface area contributed by atoms with Crippen LogP contribution in [-0.2, 0) is 35.3 Å². The molecule has 0 saturated heterocycles. The predicted octanol–water partition coefficient (Wildman–Crippen LogP) is 3.35. The van der Waals surface area contributed by atoms with Crippen molar-refractivity contribution in [1.82, 2.24) is 20.5 Å². The molecule has 8 N–H and O–H groups in total. The van der Waals surface area contributed by atoms with E-state index in [9.17, 15) is 27.9 Å². The zero-order valence-electron chi connectivity index (χ0n) is 24.0. The number of carbonyl (C=O) groups is 2. The Balaban J connectivity index is 1.66. The number of alkyl halides is 3. The Bertz CT molecular complexity index is 1600. The lowest BCUT2D eigenvalue weighted by molar-refractivity contribution is -0.140. The summed E-state index contributed by atoms with van der Waals surface area (Å²) in [6.07, 6.45) is -2.77. The Morgan fingerprint density at radius 1 is 1.00 bits per heavy atom. The van der Waals surface area contributed by atoms with Crippen molar-refractivity contribution in [3.8, 4) is 0 Å². The van der Waals surface area contributed by atoms with E-state index in [4.69, 9.17) is 11.5 Å². The highest BCUT2D eigenvalue weighted by molar-refractivity contribution is 7.99. The number of para-hydroxylation sites is 1. The number of hydrogen-bond acceptors (Lipinski definition) is 7. The summed E-state index contributed by atoms with van der Waals surface area (Å²) in [6.45, 7) is -0.698. The van der Waals surface area contributed by atoms with Crippen molar-refractivity contribution in [2.24, 2.45) is 11.5 Å². The van der Waals surface area contributed by atoms with Gasteiger partial charge in [-0.3, -0.25) is 14.9 Å². The van der Waals surface area contributed by atoms with Crippen LogP contribution >= 0.6 is 11.8 Å². The molecule has 234 valence electrons. The molecule has 0 aliphatic heterocycles. The molecule has 0 unspecified atom stereocenters. The number of aromatic amines is 1. The molecule has 1 aromatic heterocycles. The van der Waals surface area contributed by atoms with Gasteiger partial charge in [0.2, 0.25) is 11.8 Å². The fraction of sp³-hybridized carbons (Fsp3) is 0.290. The van der Waals surface area contributed by atoms with E-state index in [0.717, 1.165) is 34.3 Å². The fourth-order valence-electron chi connectivity index (χ4n) is 4.95. The number of aliphatic hydroxyl groups is 1. The highest BCUT2D eigenvalue weighted by atomic mass is 32.2. The minimum atomic E-state index is -4.64. The third kappa shape index (κ3) is 7.60. The quantitative estimate of drug-likeness (QED) is 0.124. The first kappa shape index (κ1) is 33.0. The number of H-pyrrole nitrogens is 1. The maximum atomic E-state index is 14.1. The summed E-state index contributed by atoms with van der Waals surface area (Å²) < 4.78 is 42.4. The van der Waals surface area contributed by atoms with Gasteiger partial charge in [0, 0.05) is 60.0 Å². The summed E-state index contributed by atoms with van der Waals surface area (Å²) in [4.78, 5) is 32.0. The predicted molar refractivity (Wildman–Crippen MR) is 163 cm³/mol. The molecule has 44 heavy (non-hydrogen) atoms. The summed E-state index contributed by atoms with van der Waals surface area (Å²) in [5.74, 6) is -1.09. The van der Waals surface area contributed by atoms with Crippen molar-refractivity contribution in [3.63, 3.8) is 0 Å². The molecule has 2 atom stereocenters. The smallest absolute Gasteiger partial charge is 0.381 e. The first-order valence-corrected chi connectivity index (χ1v) is 14.7. The van der Waals surface area contributed by atoms with Gasteiger partial charge in [0.25, 0.3) is 0 Å². The molecule has 2 amide bonds. The zero-order chi connectivity index (χ0) is 31.9. The largest absolute Gasteiger partial charge is 0.417 e. The Morgan fingerprint density at radius 2 is 1.70 bits per heavy atom. The molecular formula is C31H35F3N6O3S. The van der Waals surface area contributed by atoms with Crippen molar-refractivity contribution >= 4 is 34.5 Å². The summed E-state index contributed by atoms with van der Waals surface area (Å²) in [6, 6.07) is 16.3. The van der Waals surface area contributed by atoms with Crippen LogP contribution in [0.15, 0.2) is 82.7 Å². The number of amides is 2. The molecule has 1 heterocycles. The van der Waals surface area contributed by atoms with Crippen LogP contribution in [0.25, 0.3) is 10.9 Å². The van der Waals surface area contributed by atoms with Crippen LogP contribution in [0.1, 0.15) is 22.3 Å². The maximum absolute atomic E-state index is 14.1. The minimum Gasteiger partial charge on any atom is -0.381 e. The topological polar surface area (TPSA) is 150 Å². The maximum Gasteiger partial charge on any atom is 0.417 e. The van der Waals surface area contributed by atoms with Crippen LogP contribution in [0.5, 0.6) is 0 Å². The number of carbonyl (C=O) groups excluding carboxylic acids is 2. The van der Waals surface area contributed by atoms with Gasteiger partial charge in [0.05, 0.1) is 12.3 Å². The van der Waals surface area contributed by atoms with E-state index < -0.39 is 42.4 Å². The molecule has 4 aromatic rings. The third-order valence-corrected chi connectivity index (χ3v) is 8.64. The second-order valence-corrected chi connectivity index (χ2v) is 11.2. The van der Waals surface area contributed by atoms with Gasteiger partial charge in [0.15, 0.2) is 0 Å². The van der Waals surface area contributed by atoms with E-state index in [1.54, 1.807) is 30.5 Å². The van der Waals surface area contributed by atoms with Gasteiger partial charge in [-0.1, -0.05) is 60.3 Å². The van der Waals surface area contributed by atoms with Gasteiger partial charge in [-0.15, -0.1) is 0 Å². The molecular weight excluding hydrogens is 593 g/mol. The van der Waals surface area contributed by atoms with Crippen LogP contribution in [0, 0.1) is 0 Å². The molecule has 0 fully saturated rings. The average Bonchev–Trinajstić information content (AvgIpc) is 3.43. The molecule has 0 radical (unpaired) electrons. The van der Waals surface area contributed by atoms with E-state index in [-0.39, 0.29) is 36.5 Å². The van der Waals surface area contributed by atoms with Crippen LogP contribution < -0.4 is 22.1 Å². The molecule has 13 heteroatoms. The number of likely N-dealkylation sites (N-methyl/N-ethyl adjacent to an activating group) is 1. The second kappa shape index (κ2) is 14.7. The standard InChI is InChI=1S/C31H35F3N6O3S/c1-40(30(43)25(15-36)39-18-41)26(13-21-17-37-24-11-4-3-9-22(21)24)29(42)38-16-20-8-6-10-23(31(32,33)34)28(20)44-27-12-5-2-7-19(27)14-35/h2-12,17,25-26,37,39,41H,13-16,18,35-36H2,1H3,(H,38,42)/t25-,26-/m0/s1. The number of hydrogen-bond donors (Lipinski definition) is 6. The lowest BCUT2D eigenvalue weighted by Gasteiger charge is -2.30. The summed E-state index contributed by atoms with van der Waals surface area (Å²) >= 11 is 0.942. The number of halogens is 3. The van der Waals surface area contributed by atoms with E-state index in [0.29, 0.717) is 10.5 Å². The number of rotatable bonds is 13. The van der Waals surface area contributed by atoms with E-state index in [2.05, 4.69) is 15.6 Å². The average molecular weight is 629 g/mol.